The molecule has 102 valence electrons. The molecule has 0 aliphatic rings. The van der Waals surface area contributed by atoms with Gasteiger partial charge in [-0.3, -0.25) is 9.59 Å². The van der Waals surface area contributed by atoms with Crippen LogP contribution in [0.5, 0.6) is 0 Å². The molecule has 0 saturated heterocycles. The molecule has 17 heavy (non-hydrogen) atoms. The number of carboxylic acids is 1. The van der Waals surface area contributed by atoms with Crippen molar-refractivity contribution in [1.29, 1.82) is 0 Å². The first-order valence-electron chi connectivity index (χ1n) is 6.39. The number of aliphatic carboxylic acids is 1. The minimum Gasteiger partial charge on any atom is -0.481 e. The number of rotatable bonds is 8. The lowest BCUT2D eigenvalue weighted by Crippen LogP contribution is -2.03. The van der Waals surface area contributed by atoms with Crippen molar-refractivity contribution in [2.75, 3.05) is 6.61 Å². The smallest absolute Gasteiger partial charge is 0.305 e. The minimum atomic E-state index is -0.833. The van der Waals surface area contributed by atoms with Gasteiger partial charge in [0.05, 0.1) is 6.61 Å². The maximum Gasteiger partial charge on any atom is 0.305 e. The summed E-state index contributed by atoms with van der Waals surface area (Å²) in [6.07, 6.45) is 7.91. The van der Waals surface area contributed by atoms with Crippen LogP contribution in [0.1, 0.15) is 65.7 Å². The molecule has 0 aliphatic heterocycles. The quantitative estimate of drug-likeness (QED) is 0.526. The van der Waals surface area contributed by atoms with Crippen molar-refractivity contribution in [3.8, 4) is 0 Å². The van der Waals surface area contributed by atoms with E-state index in [1.54, 1.807) is 0 Å². The zero-order chi connectivity index (χ0) is 13.5. The Labute approximate surface area is 104 Å². The van der Waals surface area contributed by atoms with Gasteiger partial charge < -0.3 is 9.84 Å². The first-order valence-corrected chi connectivity index (χ1v) is 6.39. The highest BCUT2D eigenvalue weighted by Crippen LogP contribution is 2.07. The average molecular weight is 246 g/mol. The van der Waals surface area contributed by atoms with Gasteiger partial charge in [0.15, 0.2) is 0 Å². The molecule has 0 aromatic rings. The average Bonchev–Trinajstić information content (AvgIpc) is 2.23. The fourth-order valence-electron chi connectivity index (χ4n) is 1.28. The third kappa shape index (κ3) is 25.3. The first-order chi connectivity index (χ1) is 8.04. The number of carboxylic acid groups (broad SMARTS) is 1. The largest absolute Gasteiger partial charge is 0.481 e. The fraction of sp³-hybridized carbons (Fsp3) is 0.846. The van der Waals surface area contributed by atoms with Crippen LogP contribution in [0.2, 0.25) is 0 Å². The first kappa shape index (κ1) is 18.3. The molecular formula is C13H26O4. The van der Waals surface area contributed by atoms with Gasteiger partial charge in [0, 0.05) is 13.3 Å². The predicted octanol–water partition coefficient (Wildman–Crippen LogP) is 3.39. The second-order valence-corrected chi connectivity index (χ2v) is 3.84. The Morgan fingerprint density at radius 3 is 1.94 bits per heavy atom. The topological polar surface area (TPSA) is 63.6 Å². The zero-order valence-corrected chi connectivity index (χ0v) is 11.3. The van der Waals surface area contributed by atoms with Crippen LogP contribution < -0.4 is 0 Å². The van der Waals surface area contributed by atoms with E-state index in [9.17, 15) is 4.79 Å². The Morgan fingerprint density at radius 1 is 1.00 bits per heavy atom. The van der Waals surface area contributed by atoms with E-state index in [-0.39, 0.29) is 5.97 Å². The maximum atomic E-state index is 10.9. The molecule has 0 aliphatic carbocycles. The lowest BCUT2D eigenvalue weighted by atomic mass is 10.1. The van der Waals surface area contributed by atoms with Crippen LogP contribution in [-0.4, -0.2) is 23.7 Å². The molecule has 0 saturated carbocycles. The Morgan fingerprint density at radius 2 is 1.47 bits per heavy atom. The summed E-state index contributed by atoms with van der Waals surface area (Å²) < 4.78 is 4.83. The molecular weight excluding hydrogens is 220 g/mol. The van der Waals surface area contributed by atoms with Gasteiger partial charge >= 0.3 is 5.97 Å². The number of ether oxygens (including phenoxy) is 1. The van der Waals surface area contributed by atoms with Gasteiger partial charge in [0.1, 0.15) is 0 Å². The molecule has 0 unspecified atom stereocenters. The Bertz CT molecular complexity index is 186. The number of unbranched alkanes of at least 4 members (excludes halogenated alkanes) is 5. The van der Waals surface area contributed by atoms with Crippen LogP contribution in [0.15, 0.2) is 0 Å². The summed E-state index contributed by atoms with van der Waals surface area (Å²) in [4.78, 5) is 19.9. The van der Waals surface area contributed by atoms with Gasteiger partial charge in [0.25, 0.3) is 5.97 Å². The van der Waals surface area contributed by atoms with E-state index in [0.29, 0.717) is 13.0 Å². The molecule has 0 spiro atoms. The standard InChI is InChI=1S/C11H22O2.C2H4O2/c1-3-5-6-7-8-9-10-11(12)13-4-2;1-2(3)4/h3-10H2,1-2H3;1H3,(H,3,4). The highest BCUT2D eigenvalue weighted by atomic mass is 16.5. The van der Waals surface area contributed by atoms with Crippen LogP contribution >= 0.6 is 0 Å². The summed E-state index contributed by atoms with van der Waals surface area (Å²) >= 11 is 0. The van der Waals surface area contributed by atoms with Crippen LogP contribution in [0.25, 0.3) is 0 Å². The van der Waals surface area contributed by atoms with Crippen molar-refractivity contribution in [3.63, 3.8) is 0 Å². The third-order valence-electron chi connectivity index (χ3n) is 2.04. The van der Waals surface area contributed by atoms with Crippen molar-refractivity contribution < 1.29 is 19.4 Å². The van der Waals surface area contributed by atoms with E-state index in [2.05, 4.69) is 6.92 Å². The Balaban J connectivity index is 0. The molecule has 0 heterocycles. The third-order valence-corrected chi connectivity index (χ3v) is 2.04. The van der Waals surface area contributed by atoms with Gasteiger partial charge in [-0.05, 0) is 13.3 Å². The molecule has 4 nitrogen and oxygen atoms in total. The van der Waals surface area contributed by atoms with Crippen LogP contribution in [0, 0.1) is 0 Å². The second kappa shape index (κ2) is 14.9. The van der Waals surface area contributed by atoms with Crippen molar-refractivity contribution in [2.45, 2.75) is 65.7 Å². The summed E-state index contributed by atoms with van der Waals surface area (Å²) in [5, 5.41) is 7.42. The number of carbonyl (C=O) groups is 2. The normalized spacial score (nSPS) is 9.12. The summed E-state index contributed by atoms with van der Waals surface area (Å²) in [5.74, 6) is -0.877. The lowest BCUT2D eigenvalue weighted by molar-refractivity contribution is -0.143. The number of hydrogen-bond acceptors (Lipinski definition) is 3. The maximum absolute atomic E-state index is 10.9. The molecule has 0 aromatic carbocycles. The summed E-state index contributed by atoms with van der Waals surface area (Å²) in [6, 6.07) is 0. The molecule has 1 N–H and O–H groups in total. The van der Waals surface area contributed by atoms with E-state index in [4.69, 9.17) is 14.6 Å². The van der Waals surface area contributed by atoms with E-state index >= 15 is 0 Å². The van der Waals surface area contributed by atoms with E-state index in [1.807, 2.05) is 6.92 Å². The van der Waals surface area contributed by atoms with Gasteiger partial charge in [-0.1, -0.05) is 39.0 Å². The molecule has 0 radical (unpaired) electrons. The van der Waals surface area contributed by atoms with E-state index < -0.39 is 5.97 Å². The van der Waals surface area contributed by atoms with Gasteiger partial charge in [0.2, 0.25) is 0 Å². The number of esters is 1. The van der Waals surface area contributed by atoms with E-state index in [1.165, 1.54) is 32.1 Å². The Hall–Kier alpha value is -1.06. The molecule has 0 rings (SSSR count). The number of carbonyl (C=O) groups excluding carboxylic acids is 1. The van der Waals surface area contributed by atoms with Crippen molar-refractivity contribution in [1.82, 2.24) is 0 Å². The fourth-order valence-corrected chi connectivity index (χ4v) is 1.28. The summed E-state index contributed by atoms with van der Waals surface area (Å²) in [6.45, 7) is 5.65. The summed E-state index contributed by atoms with van der Waals surface area (Å²) in [7, 11) is 0. The van der Waals surface area contributed by atoms with Crippen LogP contribution in [0.4, 0.5) is 0 Å². The molecule has 0 amide bonds. The number of hydrogen-bond donors (Lipinski definition) is 1. The van der Waals surface area contributed by atoms with Crippen LogP contribution in [0.3, 0.4) is 0 Å². The zero-order valence-electron chi connectivity index (χ0n) is 11.3. The highest BCUT2D eigenvalue weighted by Gasteiger charge is 1.99. The monoisotopic (exact) mass is 246 g/mol. The van der Waals surface area contributed by atoms with Gasteiger partial charge in [-0.2, -0.15) is 0 Å². The van der Waals surface area contributed by atoms with Crippen LogP contribution in [-0.2, 0) is 14.3 Å². The Kier molecular flexibility index (Phi) is 16.1. The minimum absolute atomic E-state index is 0.0435. The molecule has 0 bridgehead atoms. The van der Waals surface area contributed by atoms with Crippen molar-refractivity contribution in [2.24, 2.45) is 0 Å². The van der Waals surface area contributed by atoms with Crippen molar-refractivity contribution >= 4 is 11.9 Å². The molecule has 0 aromatic heterocycles. The SMILES string of the molecule is CC(=O)O.CCCCCCCCC(=O)OCC. The second-order valence-electron chi connectivity index (χ2n) is 3.84. The van der Waals surface area contributed by atoms with Crippen molar-refractivity contribution in [3.05, 3.63) is 0 Å². The summed E-state index contributed by atoms with van der Waals surface area (Å²) in [5.41, 5.74) is 0. The molecule has 0 fully saturated rings. The molecule has 4 heteroatoms. The lowest BCUT2D eigenvalue weighted by Gasteiger charge is -2.01. The van der Waals surface area contributed by atoms with Gasteiger partial charge in [-0.25, -0.2) is 0 Å². The predicted molar refractivity (Wildman–Crippen MR) is 67.9 cm³/mol. The van der Waals surface area contributed by atoms with E-state index in [0.717, 1.165) is 13.3 Å². The van der Waals surface area contributed by atoms with Gasteiger partial charge in [-0.15, -0.1) is 0 Å². The highest BCUT2D eigenvalue weighted by molar-refractivity contribution is 5.69. The molecule has 0 atom stereocenters.